The van der Waals surface area contributed by atoms with Crippen LogP contribution in [0.15, 0.2) is 30.3 Å². The molecule has 0 bridgehead atoms. The number of likely N-dealkylation sites (tertiary alicyclic amines) is 2. The summed E-state index contributed by atoms with van der Waals surface area (Å²) in [6, 6.07) is 10.9. The molecule has 4 rings (SSSR count). The van der Waals surface area contributed by atoms with Crippen molar-refractivity contribution < 1.29 is 9.59 Å². The molecule has 1 aromatic rings. The topological polar surface area (TPSA) is 52.7 Å². The molecule has 1 N–H and O–H groups in total. The number of nitrogens with one attached hydrogen (secondary N) is 1. The summed E-state index contributed by atoms with van der Waals surface area (Å²) in [7, 11) is 2.21. The lowest BCUT2D eigenvalue weighted by Crippen LogP contribution is -2.51. The first-order chi connectivity index (χ1) is 12.6. The zero-order valence-corrected chi connectivity index (χ0v) is 15.6. The van der Waals surface area contributed by atoms with E-state index < -0.39 is 0 Å². The van der Waals surface area contributed by atoms with Crippen LogP contribution < -0.4 is 5.32 Å². The number of rotatable bonds is 2. The number of hydrogen-bond donors (Lipinski definition) is 1. The van der Waals surface area contributed by atoms with Gasteiger partial charge >= 0.3 is 0 Å². The number of nitrogens with zero attached hydrogens (tertiary/aromatic N) is 2. The van der Waals surface area contributed by atoms with Crippen LogP contribution in [0.4, 0.5) is 0 Å². The Hall–Kier alpha value is -1.88. The Bertz CT molecular complexity index is 662. The molecular formula is C21H29N3O2. The molecule has 3 heterocycles. The molecule has 3 aliphatic rings. The van der Waals surface area contributed by atoms with Crippen LogP contribution in [0, 0.1) is 0 Å². The molecule has 1 aromatic carbocycles. The van der Waals surface area contributed by atoms with Gasteiger partial charge in [0, 0.05) is 31.0 Å². The third-order valence-corrected chi connectivity index (χ3v) is 6.42. The molecule has 0 spiro atoms. The number of benzene rings is 1. The van der Waals surface area contributed by atoms with Crippen molar-refractivity contribution in [2.75, 3.05) is 20.1 Å². The molecule has 5 nitrogen and oxygen atoms in total. The van der Waals surface area contributed by atoms with E-state index in [0.29, 0.717) is 24.8 Å². The second kappa shape index (κ2) is 7.39. The lowest BCUT2D eigenvalue weighted by Gasteiger charge is -2.37. The summed E-state index contributed by atoms with van der Waals surface area (Å²) in [5.74, 6) is 0.470. The molecule has 5 heteroatoms. The van der Waals surface area contributed by atoms with E-state index in [1.165, 1.54) is 24.8 Å². The summed E-state index contributed by atoms with van der Waals surface area (Å²) in [6.07, 6.45) is 5.81. The third-order valence-electron chi connectivity index (χ3n) is 6.42. The normalized spacial score (nSPS) is 32.7. The molecule has 26 heavy (non-hydrogen) atoms. The summed E-state index contributed by atoms with van der Waals surface area (Å²) < 4.78 is 0. The number of fused-ring (bicyclic) bond motifs is 1. The number of likely N-dealkylation sites (N-methyl/N-ethyl adjacent to an activating group) is 1. The Morgan fingerprint density at radius 1 is 1.12 bits per heavy atom. The van der Waals surface area contributed by atoms with Crippen molar-refractivity contribution in [3.05, 3.63) is 35.9 Å². The lowest BCUT2D eigenvalue weighted by atomic mass is 9.87. The number of carbonyl (C=O) groups is 2. The zero-order valence-electron chi connectivity index (χ0n) is 15.6. The summed E-state index contributed by atoms with van der Waals surface area (Å²) in [5.41, 5.74) is 1.32. The lowest BCUT2D eigenvalue weighted by molar-refractivity contribution is -0.135. The fourth-order valence-electron chi connectivity index (χ4n) is 5.13. The molecule has 0 saturated carbocycles. The van der Waals surface area contributed by atoms with Crippen molar-refractivity contribution in [3.63, 3.8) is 0 Å². The summed E-state index contributed by atoms with van der Waals surface area (Å²) in [4.78, 5) is 29.4. The van der Waals surface area contributed by atoms with Crippen LogP contribution in [0.2, 0.25) is 0 Å². The van der Waals surface area contributed by atoms with Crippen LogP contribution >= 0.6 is 0 Å². The fourth-order valence-corrected chi connectivity index (χ4v) is 5.13. The van der Waals surface area contributed by atoms with Gasteiger partial charge in [0.15, 0.2) is 0 Å². The van der Waals surface area contributed by atoms with Gasteiger partial charge in [0.2, 0.25) is 11.8 Å². The first-order valence-corrected chi connectivity index (χ1v) is 10.00. The first-order valence-electron chi connectivity index (χ1n) is 10.00. The number of hydrogen-bond acceptors (Lipinski definition) is 3. The predicted octanol–water partition coefficient (Wildman–Crippen LogP) is 2.13. The Morgan fingerprint density at radius 2 is 1.92 bits per heavy atom. The second-order valence-corrected chi connectivity index (χ2v) is 8.05. The van der Waals surface area contributed by atoms with E-state index >= 15 is 0 Å². The van der Waals surface area contributed by atoms with E-state index in [0.717, 1.165) is 19.5 Å². The minimum Gasteiger partial charge on any atom is -0.344 e. The molecule has 3 aliphatic heterocycles. The summed E-state index contributed by atoms with van der Waals surface area (Å²) in [5, 5.41) is 2.88. The fraction of sp³-hybridized carbons (Fsp3) is 0.619. The average Bonchev–Trinajstić information content (AvgIpc) is 3.23. The van der Waals surface area contributed by atoms with E-state index in [1.807, 2.05) is 0 Å². The Morgan fingerprint density at radius 3 is 2.65 bits per heavy atom. The van der Waals surface area contributed by atoms with Gasteiger partial charge in [-0.15, -0.1) is 0 Å². The molecule has 4 atom stereocenters. The number of amides is 2. The maximum atomic E-state index is 13.2. The first kappa shape index (κ1) is 17.5. The van der Waals surface area contributed by atoms with Crippen molar-refractivity contribution in [2.45, 2.75) is 62.6 Å². The Labute approximate surface area is 155 Å². The standard InChI is InChI=1S/C21H29N3O2/c1-23-13-7-3-6-10-18-20(23)16(15-8-4-2-5-9-15)14-24(18)21(26)17-11-12-19(25)22-17/h2,4-5,8-9,16-18,20H,3,6-7,10-14H2,1H3,(H,22,25)/t16-,17+,18+,20-/m0/s1. The van der Waals surface area contributed by atoms with Crippen molar-refractivity contribution in [1.82, 2.24) is 15.1 Å². The average molecular weight is 355 g/mol. The van der Waals surface area contributed by atoms with Crippen LogP contribution in [0.25, 0.3) is 0 Å². The van der Waals surface area contributed by atoms with Gasteiger partial charge < -0.3 is 15.1 Å². The van der Waals surface area contributed by atoms with Gasteiger partial charge in [-0.05, 0) is 38.4 Å². The van der Waals surface area contributed by atoms with E-state index in [4.69, 9.17) is 0 Å². The van der Waals surface area contributed by atoms with Gasteiger partial charge in [0.05, 0.1) is 0 Å². The Kier molecular flexibility index (Phi) is 4.98. The van der Waals surface area contributed by atoms with Crippen LogP contribution in [-0.4, -0.2) is 59.9 Å². The predicted molar refractivity (Wildman–Crippen MR) is 101 cm³/mol. The van der Waals surface area contributed by atoms with Crippen molar-refractivity contribution >= 4 is 11.8 Å². The molecule has 0 aromatic heterocycles. The van der Waals surface area contributed by atoms with Gasteiger partial charge in [-0.2, -0.15) is 0 Å². The highest BCUT2D eigenvalue weighted by molar-refractivity contribution is 5.91. The van der Waals surface area contributed by atoms with Crippen LogP contribution in [-0.2, 0) is 9.59 Å². The van der Waals surface area contributed by atoms with Crippen molar-refractivity contribution in [1.29, 1.82) is 0 Å². The molecule has 0 aliphatic carbocycles. The molecule has 3 fully saturated rings. The van der Waals surface area contributed by atoms with Crippen LogP contribution in [0.1, 0.15) is 50.0 Å². The summed E-state index contributed by atoms with van der Waals surface area (Å²) >= 11 is 0. The zero-order chi connectivity index (χ0) is 18.1. The summed E-state index contributed by atoms with van der Waals surface area (Å²) in [6.45, 7) is 1.85. The minimum atomic E-state index is -0.326. The second-order valence-electron chi connectivity index (χ2n) is 8.05. The minimum absolute atomic E-state index is 0.00786. The third kappa shape index (κ3) is 3.25. The monoisotopic (exact) mass is 355 g/mol. The quantitative estimate of drug-likeness (QED) is 0.884. The van der Waals surface area contributed by atoms with Gasteiger partial charge in [-0.25, -0.2) is 0 Å². The maximum absolute atomic E-state index is 13.2. The van der Waals surface area contributed by atoms with Gasteiger partial charge in [0.1, 0.15) is 6.04 Å². The van der Waals surface area contributed by atoms with Crippen molar-refractivity contribution in [3.8, 4) is 0 Å². The highest BCUT2D eigenvalue weighted by Crippen LogP contribution is 2.39. The van der Waals surface area contributed by atoms with E-state index in [-0.39, 0.29) is 23.9 Å². The van der Waals surface area contributed by atoms with E-state index in [9.17, 15) is 9.59 Å². The van der Waals surface area contributed by atoms with Crippen molar-refractivity contribution in [2.24, 2.45) is 0 Å². The SMILES string of the molecule is CN1CCCCC[C@@H]2[C@@H]1[C@H](c1ccccc1)CN2C(=O)[C@H]1CCC(=O)N1. The smallest absolute Gasteiger partial charge is 0.245 e. The van der Waals surface area contributed by atoms with Crippen LogP contribution in [0.3, 0.4) is 0 Å². The molecule has 0 unspecified atom stereocenters. The molecule has 0 radical (unpaired) electrons. The molecule has 2 amide bonds. The Balaban J connectivity index is 1.64. The molecular weight excluding hydrogens is 326 g/mol. The van der Waals surface area contributed by atoms with E-state index in [2.05, 4.69) is 52.5 Å². The molecule has 140 valence electrons. The largest absolute Gasteiger partial charge is 0.344 e. The van der Waals surface area contributed by atoms with Gasteiger partial charge in [-0.3, -0.25) is 9.59 Å². The highest BCUT2D eigenvalue weighted by atomic mass is 16.2. The van der Waals surface area contributed by atoms with E-state index in [1.54, 1.807) is 0 Å². The van der Waals surface area contributed by atoms with Gasteiger partial charge in [-0.1, -0.05) is 43.2 Å². The van der Waals surface area contributed by atoms with Crippen LogP contribution in [0.5, 0.6) is 0 Å². The van der Waals surface area contributed by atoms with Gasteiger partial charge in [0.25, 0.3) is 0 Å². The maximum Gasteiger partial charge on any atom is 0.245 e. The molecule has 3 saturated heterocycles. The highest BCUT2D eigenvalue weighted by Gasteiger charge is 2.48. The number of carbonyl (C=O) groups excluding carboxylic acids is 2.